The average molecular weight is 564 g/mol. The third kappa shape index (κ3) is 8.11. The van der Waals surface area contributed by atoms with Crippen LogP contribution >= 0.6 is 0 Å². The van der Waals surface area contributed by atoms with Crippen molar-refractivity contribution in [3.63, 3.8) is 0 Å². The van der Waals surface area contributed by atoms with Crippen molar-refractivity contribution in [2.24, 2.45) is 5.92 Å². The summed E-state index contributed by atoms with van der Waals surface area (Å²) in [5, 5.41) is 22.9. The van der Waals surface area contributed by atoms with Gasteiger partial charge in [0.2, 0.25) is 5.91 Å². The van der Waals surface area contributed by atoms with E-state index in [0.29, 0.717) is 31.1 Å². The molecule has 0 radical (unpaired) electrons. The normalized spacial score (nSPS) is 17.6. The van der Waals surface area contributed by atoms with Crippen molar-refractivity contribution in [1.82, 2.24) is 10.2 Å². The highest BCUT2D eigenvalue weighted by Gasteiger charge is 2.39. The predicted octanol–water partition coefficient (Wildman–Crippen LogP) is 6.57. The van der Waals surface area contributed by atoms with Crippen LogP contribution in [0.25, 0.3) is 0 Å². The Morgan fingerprint density at radius 3 is 2.15 bits per heavy atom. The summed E-state index contributed by atoms with van der Waals surface area (Å²) in [4.78, 5) is 26.6. The number of rotatable bonds is 11. The van der Waals surface area contributed by atoms with E-state index in [1.54, 1.807) is 0 Å². The minimum atomic E-state index is -0.320. The van der Waals surface area contributed by atoms with Gasteiger partial charge in [0, 0.05) is 42.6 Å². The molecule has 41 heavy (non-hydrogen) atoms. The van der Waals surface area contributed by atoms with Crippen molar-refractivity contribution in [3.8, 4) is 11.5 Å². The van der Waals surface area contributed by atoms with Gasteiger partial charge in [-0.2, -0.15) is 0 Å². The van der Waals surface area contributed by atoms with E-state index >= 15 is 0 Å². The first-order chi connectivity index (χ1) is 19.1. The molecule has 0 aromatic heterocycles. The Labute approximate surface area is 246 Å². The summed E-state index contributed by atoms with van der Waals surface area (Å²) < 4.78 is 5.83. The number of phenols is 1. The number of amidine groups is 1. The molecule has 0 spiro atoms. The van der Waals surface area contributed by atoms with Crippen molar-refractivity contribution >= 4 is 17.5 Å². The number of nitrogens with one attached hydrogen (secondary N) is 2. The fraction of sp³-hybridized carbons (Fsp3) is 0.559. The van der Waals surface area contributed by atoms with Gasteiger partial charge in [-0.15, -0.1) is 0 Å². The fourth-order valence-electron chi connectivity index (χ4n) is 5.62. The van der Waals surface area contributed by atoms with Crippen LogP contribution < -0.4 is 10.1 Å². The first-order valence-corrected chi connectivity index (χ1v) is 14.8. The Kier molecular flexibility index (Phi) is 10.3. The number of ketones is 1. The molecule has 2 atom stereocenters. The molecule has 1 fully saturated rings. The smallest absolute Gasteiger partial charge is 0.216 e. The topological polar surface area (TPSA) is 103 Å². The average Bonchev–Trinajstić information content (AvgIpc) is 3.17. The maximum absolute atomic E-state index is 13.7. The molecule has 1 aliphatic heterocycles. The highest BCUT2D eigenvalue weighted by molar-refractivity contribution is 6.01. The highest BCUT2D eigenvalue weighted by atomic mass is 16.5. The second-order valence-corrected chi connectivity index (χ2v) is 13.4. The maximum Gasteiger partial charge on any atom is 0.216 e. The van der Waals surface area contributed by atoms with Crippen LogP contribution in [0.3, 0.4) is 0 Å². The van der Waals surface area contributed by atoms with Gasteiger partial charge in [-0.05, 0) is 59.4 Å². The van der Waals surface area contributed by atoms with Crippen LogP contribution in [-0.4, -0.2) is 53.8 Å². The Morgan fingerprint density at radius 2 is 1.63 bits per heavy atom. The molecule has 7 heteroatoms. The van der Waals surface area contributed by atoms with E-state index < -0.39 is 0 Å². The van der Waals surface area contributed by atoms with E-state index in [0.717, 1.165) is 41.7 Å². The van der Waals surface area contributed by atoms with E-state index in [-0.39, 0.29) is 46.7 Å². The molecule has 0 saturated carbocycles. The largest absolute Gasteiger partial charge is 0.507 e. The summed E-state index contributed by atoms with van der Waals surface area (Å²) in [6.45, 7) is 17.8. The molecule has 2 aromatic rings. The zero-order chi connectivity index (χ0) is 30.5. The van der Waals surface area contributed by atoms with Crippen LogP contribution in [-0.2, 0) is 15.6 Å². The summed E-state index contributed by atoms with van der Waals surface area (Å²) in [6.07, 6.45) is 2.71. The maximum atomic E-state index is 13.7. The SMILES string of the molecule is CCC[C@@H]1CN(CC(=O)c2cc(C(C)(C)C)c(O)c(C(C)(C)C)c2)C(=N)[C@@H]1c1ccc(OCCCNC(C)=O)cc1. The highest BCUT2D eigenvalue weighted by Crippen LogP contribution is 2.41. The number of benzene rings is 2. The molecule has 3 N–H and O–H groups in total. The minimum Gasteiger partial charge on any atom is -0.507 e. The number of likely N-dealkylation sites (tertiary alicyclic amines) is 1. The number of Topliss-reactive ketones (excluding diaryl/α,β-unsaturated/α-hetero) is 1. The first kappa shape index (κ1) is 32.2. The van der Waals surface area contributed by atoms with Gasteiger partial charge in [-0.25, -0.2) is 0 Å². The number of amides is 1. The number of carbonyl (C=O) groups is 2. The van der Waals surface area contributed by atoms with Gasteiger partial charge in [0.15, 0.2) is 5.78 Å². The van der Waals surface area contributed by atoms with Gasteiger partial charge in [-0.1, -0.05) is 67.0 Å². The van der Waals surface area contributed by atoms with E-state index in [9.17, 15) is 14.7 Å². The number of aromatic hydroxyl groups is 1. The molecule has 1 aliphatic rings. The molecule has 0 unspecified atom stereocenters. The standard InChI is InChI=1S/C34H49N3O4/c1-9-11-24-20-37(21-29(39)25-18-27(33(3,4)5)31(40)28(19-25)34(6,7)8)32(35)30(24)23-12-14-26(15-13-23)41-17-10-16-36-22(2)38/h12-15,18-19,24,30,35,40H,9-11,16-17,20-21H2,1-8H3,(H,36,38)/t24-,30-/m1/s1. The van der Waals surface area contributed by atoms with Crippen molar-refractivity contribution in [3.05, 3.63) is 58.7 Å². The van der Waals surface area contributed by atoms with Crippen molar-refractivity contribution < 1.29 is 19.4 Å². The summed E-state index contributed by atoms with van der Waals surface area (Å²) in [5.74, 6) is 1.59. The minimum absolute atomic E-state index is 0.0374. The molecule has 2 aromatic carbocycles. The number of phenolic OH excluding ortho intramolecular Hbond substituents is 1. The van der Waals surface area contributed by atoms with Gasteiger partial charge < -0.3 is 20.1 Å². The fourth-order valence-corrected chi connectivity index (χ4v) is 5.62. The van der Waals surface area contributed by atoms with E-state index in [4.69, 9.17) is 10.1 Å². The molecule has 7 nitrogen and oxygen atoms in total. The zero-order valence-electron chi connectivity index (χ0n) is 26.2. The Hall–Kier alpha value is -3.35. The molecule has 3 rings (SSSR count). The predicted molar refractivity (Wildman–Crippen MR) is 166 cm³/mol. The quantitative estimate of drug-likeness (QED) is 0.212. The number of carbonyl (C=O) groups excluding carboxylic acids is 2. The lowest BCUT2D eigenvalue weighted by atomic mass is 9.78. The summed E-state index contributed by atoms with van der Waals surface area (Å²) in [5.41, 5.74) is 2.54. The van der Waals surface area contributed by atoms with Crippen LogP contribution in [0, 0.1) is 11.3 Å². The Morgan fingerprint density at radius 1 is 1.05 bits per heavy atom. The Balaban J connectivity index is 1.78. The van der Waals surface area contributed by atoms with Crippen molar-refractivity contribution in [1.29, 1.82) is 5.41 Å². The molecular weight excluding hydrogens is 514 g/mol. The zero-order valence-corrected chi connectivity index (χ0v) is 26.2. The van der Waals surface area contributed by atoms with E-state index in [1.807, 2.05) is 82.8 Å². The van der Waals surface area contributed by atoms with Gasteiger partial charge in [-0.3, -0.25) is 15.0 Å². The number of nitrogens with zero attached hydrogens (tertiary/aromatic N) is 1. The summed E-state index contributed by atoms with van der Waals surface area (Å²) in [7, 11) is 0. The molecule has 0 aliphatic carbocycles. The number of ether oxygens (including phenoxy) is 1. The summed E-state index contributed by atoms with van der Waals surface area (Å²) in [6, 6.07) is 11.6. The third-order valence-corrected chi connectivity index (χ3v) is 7.81. The van der Waals surface area contributed by atoms with Crippen LogP contribution in [0.4, 0.5) is 0 Å². The summed E-state index contributed by atoms with van der Waals surface area (Å²) >= 11 is 0. The second-order valence-electron chi connectivity index (χ2n) is 13.4. The van der Waals surface area contributed by atoms with E-state index in [1.165, 1.54) is 6.92 Å². The van der Waals surface area contributed by atoms with Crippen LogP contribution in [0.5, 0.6) is 11.5 Å². The molecule has 1 saturated heterocycles. The van der Waals surface area contributed by atoms with Crippen LogP contribution in [0.1, 0.15) is 108 Å². The Bertz CT molecular complexity index is 1200. The first-order valence-electron chi connectivity index (χ1n) is 14.8. The lowest BCUT2D eigenvalue weighted by Gasteiger charge is -2.28. The molecule has 1 amide bonds. The van der Waals surface area contributed by atoms with Gasteiger partial charge in [0.1, 0.15) is 17.3 Å². The van der Waals surface area contributed by atoms with Gasteiger partial charge in [0.25, 0.3) is 0 Å². The number of hydrogen-bond acceptors (Lipinski definition) is 5. The van der Waals surface area contributed by atoms with Crippen LogP contribution in [0.15, 0.2) is 36.4 Å². The van der Waals surface area contributed by atoms with Gasteiger partial charge >= 0.3 is 0 Å². The van der Waals surface area contributed by atoms with Gasteiger partial charge in [0.05, 0.1) is 13.2 Å². The third-order valence-electron chi connectivity index (χ3n) is 7.81. The van der Waals surface area contributed by atoms with Crippen LogP contribution in [0.2, 0.25) is 0 Å². The molecule has 224 valence electrons. The lowest BCUT2D eigenvalue weighted by molar-refractivity contribution is -0.118. The molecular formula is C34H49N3O4. The lowest BCUT2D eigenvalue weighted by Crippen LogP contribution is -2.32. The monoisotopic (exact) mass is 563 g/mol. The van der Waals surface area contributed by atoms with E-state index in [2.05, 4.69) is 12.2 Å². The molecule has 1 heterocycles. The molecule has 0 bridgehead atoms. The van der Waals surface area contributed by atoms with Crippen molar-refractivity contribution in [2.45, 2.75) is 91.4 Å². The van der Waals surface area contributed by atoms with Crippen molar-refractivity contribution in [2.75, 3.05) is 26.2 Å². The second kappa shape index (κ2) is 13.1. The number of hydrogen-bond donors (Lipinski definition) is 3.